The molecular weight excluding hydrogens is 789 g/mol. The van der Waals surface area contributed by atoms with Crippen molar-refractivity contribution in [3.8, 4) is 39.8 Å². The molecule has 0 amide bonds. The van der Waals surface area contributed by atoms with Gasteiger partial charge < -0.3 is 9.88 Å². The Balaban J connectivity index is 0.00000284. The van der Waals surface area contributed by atoms with Crippen LogP contribution in [0.15, 0.2) is 150 Å². The molecule has 324 valence electrons. The summed E-state index contributed by atoms with van der Waals surface area (Å²) in [5.74, 6) is 6.87. The van der Waals surface area contributed by atoms with Gasteiger partial charge in [0.1, 0.15) is 5.84 Å². The number of hydrogen-bond acceptors (Lipinski definition) is 2. The van der Waals surface area contributed by atoms with E-state index in [1.54, 1.807) is 6.08 Å². The van der Waals surface area contributed by atoms with Crippen LogP contribution in [0.1, 0.15) is 90.0 Å². The molecule has 0 aliphatic heterocycles. The van der Waals surface area contributed by atoms with Gasteiger partial charge in [-0.2, -0.15) is 0 Å². The van der Waals surface area contributed by atoms with Gasteiger partial charge in [0.2, 0.25) is 0 Å². The predicted octanol–water partition coefficient (Wildman–Crippen LogP) is 11.8. The SMILES string of the molecule is C=C/C=C(\C#CC)C(N=C)NC(=NCc1ccc(-n2c3ccc(=C/C)/c(=C\CC)c3c3cc4c(c(-c5ccc6c(c5)C(C)(C)c5ccccc5-6)c32)=CCCC=4)cc1)c1ccccc1.CC. The summed E-state index contributed by atoms with van der Waals surface area (Å²) in [6, 6.07) is 42.4. The first-order valence-corrected chi connectivity index (χ1v) is 23.2. The average molecular weight is 849 g/mol. The molecule has 7 aromatic rings. The molecule has 0 spiro atoms. The summed E-state index contributed by atoms with van der Waals surface area (Å²) < 4.78 is 2.52. The Morgan fingerprint density at radius 2 is 1.62 bits per heavy atom. The highest BCUT2D eigenvalue weighted by atomic mass is 15.1. The fourth-order valence-electron chi connectivity index (χ4n) is 9.86. The second-order valence-electron chi connectivity index (χ2n) is 16.9. The minimum Gasteiger partial charge on any atom is -0.344 e. The third-order valence-electron chi connectivity index (χ3n) is 12.8. The molecular formula is C61H60N4. The van der Waals surface area contributed by atoms with Gasteiger partial charge in [-0.1, -0.05) is 162 Å². The van der Waals surface area contributed by atoms with Crippen LogP contribution in [0.2, 0.25) is 0 Å². The first-order chi connectivity index (χ1) is 31.8. The molecule has 1 N–H and O–H groups in total. The zero-order valence-electron chi connectivity index (χ0n) is 39.1. The molecule has 65 heavy (non-hydrogen) atoms. The van der Waals surface area contributed by atoms with E-state index in [0.29, 0.717) is 6.54 Å². The summed E-state index contributed by atoms with van der Waals surface area (Å²) in [6.45, 7) is 23.2. The molecule has 0 saturated carbocycles. The molecule has 2 aliphatic rings. The molecule has 0 fully saturated rings. The number of nitrogens with zero attached hydrogens (tertiary/aromatic N) is 3. The maximum Gasteiger partial charge on any atom is 0.152 e. The van der Waals surface area contributed by atoms with Gasteiger partial charge in [0.15, 0.2) is 6.17 Å². The number of amidine groups is 1. The molecule has 1 heterocycles. The Labute approximate surface area is 385 Å². The van der Waals surface area contributed by atoms with Crippen molar-refractivity contribution >= 4 is 58.7 Å². The first kappa shape index (κ1) is 44.4. The van der Waals surface area contributed by atoms with Crippen molar-refractivity contribution in [2.45, 2.75) is 85.9 Å². The van der Waals surface area contributed by atoms with Crippen LogP contribution in [0.3, 0.4) is 0 Å². The molecule has 2 aliphatic carbocycles. The lowest BCUT2D eigenvalue weighted by Gasteiger charge is -2.22. The van der Waals surface area contributed by atoms with E-state index in [2.05, 4.69) is 189 Å². The van der Waals surface area contributed by atoms with Gasteiger partial charge in [0.25, 0.3) is 0 Å². The Kier molecular flexibility index (Phi) is 13.2. The molecule has 4 nitrogen and oxygen atoms in total. The Bertz CT molecular complexity index is 3350. The summed E-state index contributed by atoms with van der Waals surface area (Å²) in [5, 5.41) is 11.3. The monoisotopic (exact) mass is 848 g/mol. The second-order valence-corrected chi connectivity index (χ2v) is 16.9. The van der Waals surface area contributed by atoms with E-state index < -0.39 is 6.17 Å². The fourth-order valence-corrected chi connectivity index (χ4v) is 9.86. The summed E-state index contributed by atoms with van der Waals surface area (Å²) in [7, 11) is 0. The number of aliphatic imine (C=N–C) groups is 2. The van der Waals surface area contributed by atoms with Crippen molar-refractivity contribution in [2.75, 3.05) is 0 Å². The van der Waals surface area contributed by atoms with E-state index in [4.69, 9.17) is 4.99 Å². The number of allylic oxidation sites excluding steroid dienone is 2. The maximum atomic E-state index is 5.15. The summed E-state index contributed by atoms with van der Waals surface area (Å²) in [6.07, 6.45) is 15.7. The van der Waals surface area contributed by atoms with Crippen LogP contribution in [0.25, 0.3) is 74.1 Å². The molecule has 4 heteroatoms. The fraction of sp³-hybridized carbons (Fsp3) is 0.213. The topological polar surface area (TPSA) is 41.7 Å². The van der Waals surface area contributed by atoms with Crippen LogP contribution >= 0.6 is 0 Å². The van der Waals surface area contributed by atoms with Gasteiger partial charge in [-0.15, -0.1) is 5.92 Å². The number of rotatable bonds is 10. The van der Waals surface area contributed by atoms with E-state index in [9.17, 15) is 0 Å². The highest BCUT2D eigenvalue weighted by molar-refractivity contribution is 6.14. The van der Waals surface area contributed by atoms with Crippen molar-refractivity contribution in [2.24, 2.45) is 9.98 Å². The number of aromatic nitrogens is 1. The van der Waals surface area contributed by atoms with Crippen molar-refractivity contribution in [3.63, 3.8) is 0 Å². The molecule has 0 radical (unpaired) electrons. The number of fused-ring (bicyclic) bond motifs is 7. The highest BCUT2D eigenvalue weighted by Gasteiger charge is 2.35. The van der Waals surface area contributed by atoms with Gasteiger partial charge in [-0.25, -0.2) is 0 Å². The molecule has 1 unspecified atom stereocenters. The molecule has 9 rings (SSSR count). The van der Waals surface area contributed by atoms with E-state index in [1.165, 1.54) is 76.1 Å². The standard InChI is InChI=1S/C59H54N4.C2H6/c1-8-19-41(20-9-2)57(60-7)62-58(42-22-13-12-14-23-42)61-38-39-28-32-45(33-29-39)63-53-35-31-40(11-4)46(21-10-3)55(53)50-36-43-24-15-16-25-47(43)54(56(50)63)44-30-34-49-48-26-17-18-27-51(48)59(5,6)52(49)37-44;1-2/h8,11-14,17-19,21-37,57H,1,7,10,15-16,38H2,2-6H3,(H,61,62);1-2H3/b40-11-,41-19+,46-21+;. The second kappa shape index (κ2) is 19.3. The van der Waals surface area contributed by atoms with E-state index in [0.717, 1.165) is 47.5 Å². The third-order valence-corrected chi connectivity index (χ3v) is 12.8. The summed E-state index contributed by atoms with van der Waals surface area (Å²) >= 11 is 0. The van der Waals surface area contributed by atoms with Gasteiger partial charge >= 0.3 is 0 Å². The van der Waals surface area contributed by atoms with Crippen LogP contribution in [0, 0.1) is 11.8 Å². The zero-order chi connectivity index (χ0) is 45.7. The number of benzene rings is 6. The largest absolute Gasteiger partial charge is 0.344 e. The van der Waals surface area contributed by atoms with Crippen LogP contribution in [0.4, 0.5) is 0 Å². The van der Waals surface area contributed by atoms with Gasteiger partial charge in [0, 0.05) is 38.6 Å². The lowest BCUT2D eigenvalue weighted by molar-refractivity contribution is 0.660. The lowest BCUT2D eigenvalue weighted by Crippen LogP contribution is -2.35. The van der Waals surface area contributed by atoms with Crippen molar-refractivity contribution in [1.29, 1.82) is 0 Å². The van der Waals surface area contributed by atoms with Gasteiger partial charge in [-0.05, 0) is 130 Å². The van der Waals surface area contributed by atoms with Crippen LogP contribution in [0.5, 0.6) is 0 Å². The highest BCUT2D eigenvalue weighted by Crippen LogP contribution is 2.50. The Morgan fingerprint density at radius 1 is 0.877 bits per heavy atom. The van der Waals surface area contributed by atoms with Gasteiger partial charge in [-0.3, -0.25) is 9.98 Å². The minimum atomic E-state index is -0.477. The molecule has 6 aromatic carbocycles. The zero-order valence-corrected chi connectivity index (χ0v) is 39.1. The average Bonchev–Trinajstić information content (AvgIpc) is 3.79. The van der Waals surface area contributed by atoms with Gasteiger partial charge in [0.05, 0.1) is 17.6 Å². The lowest BCUT2D eigenvalue weighted by atomic mass is 9.81. The van der Waals surface area contributed by atoms with Crippen LogP contribution in [-0.4, -0.2) is 23.3 Å². The first-order valence-electron chi connectivity index (χ1n) is 23.2. The predicted molar refractivity (Wildman–Crippen MR) is 282 cm³/mol. The smallest absolute Gasteiger partial charge is 0.152 e. The summed E-state index contributed by atoms with van der Waals surface area (Å²) in [5.41, 5.74) is 14.3. The number of hydrogen-bond donors (Lipinski definition) is 1. The molecule has 1 aromatic heterocycles. The van der Waals surface area contributed by atoms with E-state index in [1.807, 2.05) is 45.0 Å². The van der Waals surface area contributed by atoms with Crippen LogP contribution < -0.4 is 26.2 Å². The quantitative estimate of drug-likeness (QED) is 0.0633. The molecule has 0 saturated heterocycles. The molecule has 1 atom stereocenters. The number of nitrogens with one attached hydrogen (secondary N) is 1. The minimum absolute atomic E-state index is 0.112. The Hall–Kier alpha value is -7.22. The van der Waals surface area contributed by atoms with E-state index >= 15 is 0 Å². The summed E-state index contributed by atoms with van der Waals surface area (Å²) in [4.78, 5) is 9.53. The third kappa shape index (κ3) is 8.13. The van der Waals surface area contributed by atoms with E-state index in [-0.39, 0.29) is 5.41 Å². The maximum absolute atomic E-state index is 5.15. The Morgan fingerprint density at radius 3 is 2.34 bits per heavy atom. The van der Waals surface area contributed by atoms with Crippen molar-refractivity contribution in [1.82, 2.24) is 9.88 Å². The van der Waals surface area contributed by atoms with Crippen molar-refractivity contribution < 1.29 is 0 Å². The normalized spacial score (nSPS) is 14.8. The van der Waals surface area contributed by atoms with Crippen molar-refractivity contribution in [3.05, 3.63) is 183 Å². The van der Waals surface area contributed by atoms with Crippen LogP contribution in [-0.2, 0) is 12.0 Å². The molecule has 0 bridgehead atoms.